The number of halogens is 1. The highest BCUT2D eigenvalue weighted by atomic mass is 35.5. The van der Waals surface area contributed by atoms with Crippen LogP contribution in [0.4, 0.5) is 0 Å². The highest BCUT2D eigenvalue weighted by molar-refractivity contribution is 6.30. The molecule has 1 aromatic heterocycles. The molecule has 29 heavy (non-hydrogen) atoms. The molecule has 0 radical (unpaired) electrons. The first kappa shape index (κ1) is 19.0. The van der Waals surface area contributed by atoms with Crippen molar-refractivity contribution in [2.24, 2.45) is 0 Å². The number of para-hydroxylation sites is 2. The average Bonchev–Trinajstić information content (AvgIpc) is 2.77. The third-order valence-electron chi connectivity index (χ3n) is 4.40. The maximum absolute atomic E-state index is 6.01. The highest BCUT2D eigenvalue weighted by Gasteiger charge is 2.08. The van der Waals surface area contributed by atoms with Gasteiger partial charge in [-0.25, -0.2) is 9.97 Å². The van der Waals surface area contributed by atoms with Gasteiger partial charge in [-0.05, 0) is 53.6 Å². The topological polar surface area (TPSA) is 44.2 Å². The van der Waals surface area contributed by atoms with Gasteiger partial charge in [0, 0.05) is 5.02 Å². The van der Waals surface area contributed by atoms with Crippen molar-refractivity contribution in [3.8, 4) is 11.6 Å². The van der Waals surface area contributed by atoms with E-state index in [-0.39, 0.29) is 0 Å². The quantitative estimate of drug-likeness (QED) is 0.394. The Kier molecular flexibility index (Phi) is 5.73. The van der Waals surface area contributed by atoms with Gasteiger partial charge in [-0.1, -0.05) is 54.1 Å². The zero-order valence-corrected chi connectivity index (χ0v) is 16.6. The Labute approximate surface area is 174 Å². The molecule has 0 unspecified atom stereocenters. The number of ether oxygens (including phenoxy) is 2. The molecule has 0 aliphatic rings. The van der Waals surface area contributed by atoms with E-state index in [9.17, 15) is 0 Å². The first-order valence-corrected chi connectivity index (χ1v) is 9.55. The summed E-state index contributed by atoms with van der Waals surface area (Å²) in [6, 6.07) is 23.1. The smallest absolute Gasteiger partial charge is 0.240 e. The number of aromatic nitrogens is 2. The summed E-state index contributed by atoms with van der Waals surface area (Å²) in [5.74, 6) is 1.31. The highest BCUT2D eigenvalue weighted by Crippen LogP contribution is 2.23. The fraction of sp³-hybridized carbons (Fsp3) is 0.0833. The summed E-state index contributed by atoms with van der Waals surface area (Å²) < 4.78 is 11.2. The fourth-order valence-electron chi connectivity index (χ4n) is 2.83. The molecule has 3 aromatic carbocycles. The van der Waals surface area contributed by atoms with E-state index in [0.29, 0.717) is 23.2 Å². The second kappa shape index (κ2) is 8.76. The van der Waals surface area contributed by atoms with Gasteiger partial charge in [-0.15, -0.1) is 0 Å². The minimum Gasteiger partial charge on any atom is -0.497 e. The molecule has 0 bridgehead atoms. The molecule has 4 nitrogen and oxygen atoms in total. The van der Waals surface area contributed by atoms with Gasteiger partial charge in [0.05, 0.1) is 18.1 Å². The molecule has 0 amide bonds. The Morgan fingerprint density at radius 2 is 1.52 bits per heavy atom. The first-order chi connectivity index (χ1) is 14.2. The lowest BCUT2D eigenvalue weighted by Crippen LogP contribution is -2.01. The SMILES string of the molecule is COc1ccc(C=Cc2nc3ccccc3nc2OCc2ccc(Cl)cc2)cc1. The predicted molar refractivity (Wildman–Crippen MR) is 117 cm³/mol. The van der Waals surface area contributed by atoms with Crippen molar-refractivity contribution in [2.45, 2.75) is 6.61 Å². The Balaban J connectivity index is 1.63. The Hall–Kier alpha value is -3.37. The third-order valence-corrected chi connectivity index (χ3v) is 4.65. The van der Waals surface area contributed by atoms with Gasteiger partial charge in [0.25, 0.3) is 0 Å². The van der Waals surface area contributed by atoms with E-state index in [1.165, 1.54) is 0 Å². The lowest BCUT2D eigenvalue weighted by atomic mass is 10.2. The fourth-order valence-corrected chi connectivity index (χ4v) is 2.96. The number of nitrogens with zero attached hydrogens (tertiary/aromatic N) is 2. The lowest BCUT2D eigenvalue weighted by Gasteiger charge is -2.09. The van der Waals surface area contributed by atoms with Crippen LogP contribution in [0.5, 0.6) is 11.6 Å². The van der Waals surface area contributed by atoms with E-state index in [2.05, 4.69) is 4.98 Å². The van der Waals surface area contributed by atoms with Crippen molar-refractivity contribution in [3.05, 3.63) is 94.6 Å². The van der Waals surface area contributed by atoms with Crippen LogP contribution in [0.25, 0.3) is 23.2 Å². The first-order valence-electron chi connectivity index (χ1n) is 9.17. The van der Waals surface area contributed by atoms with Gasteiger partial charge in [-0.2, -0.15) is 0 Å². The zero-order valence-electron chi connectivity index (χ0n) is 15.9. The number of hydrogen-bond donors (Lipinski definition) is 0. The summed E-state index contributed by atoms with van der Waals surface area (Å²) in [5, 5.41) is 0.697. The molecule has 0 saturated carbocycles. The molecule has 5 heteroatoms. The second-order valence-corrected chi connectivity index (χ2v) is 6.86. The van der Waals surface area contributed by atoms with Gasteiger partial charge < -0.3 is 9.47 Å². The van der Waals surface area contributed by atoms with Gasteiger partial charge in [0.2, 0.25) is 5.88 Å². The molecule has 0 aliphatic heterocycles. The Morgan fingerprint density at radius 3 is 2.21 bits per heavy atom. The second-order valence-electron chi connectivity index (χ2n) is 6.42. The molecule has 0 spiro atoms. The summed E-state index contributed by atoms with van der Waals surface area (Å²) >= 11 is 5.96. The number of fused-ring (bicyclic) bond motifs is 1. The van der Waals surface area contributed by atoms with Gasteiger partial charge in [0.1, 0.15) is 18.1 Å². The van der Waals surface area contributed by atoms with Crippen LogP contribution in [-0.2, 0) is 6.61 Å². The minimum atomic E-state index is 0.383. The van der Waals surface area contributed by atoms with E-state index in [1.54, 1.807) is 7.11 Å². The Morgan fingerprint density at radius 1 is 0.828 bits per heavy atom. The number of hydrogen-bond acceptors (Lipinski definition) is 4. The molecule has 1 heterocycles. The van der Waals surface area contributed by atoms with Crippen molar-refractivity contribution in [1.29, 1.82) is 0 Å². The van der Waals surface area contributed by atoms with Crippen molar-refractivity contribution in [2.75, 3.05) is 7.11 Å². The van der Waals surface area contributed by atoms with E-state index in [4.69, 9.17) is 26.1 Å². The molecule has 4 aromatic rings. The zero-order chi connectivity index (χ0) is 20.1. The van der Waals surface area contributed by atoms with Crippen molar-refractivity contribution in [1.82, 2.24) is 9.97 Å². The van der Waals surface area contributed by atoms with E-state index >= 15 is 0 Å². The lowest BCUT2D eigenvalue weighted by molar-refractivity contribution is 0.293. The predicted octanol–water partition coefficient (Wildman–Crippen LogP) is 6.04. The van der Waals surface area contributed by atoms with Crippen LogP contribution in [-0.4, -0.2) is 17.1 Å². The van der Waals surface area contributed by atoms with Crippen LogP contribution in [0, 0.1) is 0 Å². The third kappa shape index (κ3) is 4.73. The summed E-state index contributed by atoms with van der Waals surface area (Å²) in [6.45, 7) is 0.383. The van der Waals surface area contributed by atoms with Crippen LogP contribution in [0.3, 0.4) is 0 Å². The molecular formula is C24H19ClN2O2. The normalized spacial score (nSPS) is 11.1. The van der Waals surface area contributed by atoms with Crippen LogP contribution >= 0.6 is 11.6 Å². The van der Waals surface area contributed by atoms with Gasteiger partial charge in [-0.3, -0.25) is 0 Å². The largest absolute Gasteiger partial charge is 0.497 e. The molecule has 4 rings (SSSR count). The van der Waals surface area contributed by atoms with Crippen molar-refractivity contribution < 1.29 is 9.47 Å². The minimum absolute atomic E-state index is 0.383. The van der Waals surface area contributed by atoms with Crippen LogP contribution < -0.4 is 9.47 Å². The van der Waals surface area contributed by atoms with E-state index in [1.807, 2.05) is 84.9 Å². The maximum atomic E-state index is 6.01. The molecule has 0 atom stereocenters. The number of rotatable bonds is 6. The summed E-state index contributed by atoms with van der Waals surface area (Å²) in [6.07, 6.45) is 3.89. The molecule has 144 valence electrons. The molecule has 0 N–H and O–H groups in total. The van der Waals surface area contributed by atoms with Crippen LogP contribution in [0.1, 0.15) is 16.8 Å². The van der Waals surface area contributed by atoms with Crippen LogP contribution in [0.2, 0.25) is 5.02 Å². The summed E-state index contributed by atoms with van der Waals surface area (Å²) in [4.78, 5) is 9.40. The number of methoxy groups -OCH3 is 1. The van der Waals surface area contributed by atoms with Gasteiger partial charge >= 0.3 is 0 Å². The monoisotopic (exact) mass is 402 g/mol. The standard InChI is InChI=1S/C24H19ClN2O2/c1-28-20-13-8-17(9-14-20)10-15-23-24(27-22-5-3-2-4-21(22)26-23)29-16-18-6-11-19(25)12-7-18/h2-15H,16H2,1H3. The summed E-state index contributed by atoms with van der Waals surface area (Å²) in [7, 11) is 1.65. The maximum Gasteiger partial charge on any atom is 0.240 e. The summed E-state index contributed by atoms with van der Waals surface area (Å²) in [5.41, 5.74) is 4.33. The Bertz CT molecular complexity index is 1140. The van der Waals surface area contributed by atoms with Crippen molar-refractivity contribution in [3.63, 3.8) is 0 Å². The molecule has 0 aliphatic carbocycles. The van der Waals surface area contributed by atoms with Crippen molar-refractivity contribution >= 4 is 34.8 Å². The van der Waals surface area contributed by atoms with Gasteiger partial charge in [0.15, 0.2) is 0 Å². The van der Waals surface area contributed by atoms with E-state index < -0.39 is 0 Å². The van der Waals surface area contributed by atoms with Crippen LogP contribution in [0.15, 0.2) is 72.8 Å². The molecule has 0 fully saturated rings. The molecular weight excluding hydrogens is 384 g/mol. The average molecular weight is 403 g/mol. The number of benzene rings is 3. The van der Waals surface area contributed by atoms with E-state index in [0.717, 1.165) is 27.9 Å². The molecule has 0 saturated heterocycles.